The van der Waals surface area contributed by atoms with Gasteiger partial charge in [0.15, 0.2) is 0 Å². The van der Waals surface area contributed by atoms with Crippen molar-refractivity contribution in [2.45, 2.75) is 12.7 Å². The topological polar surface area (TPSA) is 56.7 Å². The monoisotopic (exact) mass is 144 g/mol. The standard InChI is InChI=1S/C5H9FN4/c6-5(3-7)4-10-2-1-8-9-10/h1-2,5H,3-4,7H2. The highest BCUT2D eigenvalue weighted by Crippen LogP contribution is 1.91. The summed E-state index contributed by atoms with van der Waals surface area (Å²) in [6.07, 6.45) is 2.08. The minimum Gasteiger partial charge on any atom is -0.328 e. The van der Waals surface area contributed by atoms with Crippen molar-refractivity contribution < 1.29 is 4.39 Å². The zero-order valence-electron chi connectivity index (χ0n) is 5.44. The third kappa shape index (κ3) is 1.77. The van der Waals surface area contributed by atoms with Crippen molar-refractivity contribution in [2.24, 2.45) is 5.73 Å². The fourth-order valence-corrected chi connectivity index (χ4v) is 0.608. The summed E-state index contributed by atoms with van der Waals surface area (Å²) in [5.74, 6) is 0. The lowest BCUT2D eigenvalue weighted by atomic mass is 10.4. The van der Waals surface area contributed by atoms with Crippen molar-refractivity contribution in [1.82, 2.24) is 15.0 Å². The summed E-state index contributed by atoms with van der Waals surface area (Å²) in [5, 5.41) is 7.09. The molecule has 1 aromatic rings. The second-order valence-electron chi connectivity index (χ2n) is 1.96. The Morgan fingerprint density at radius 2 is 2.50 bits per heavy atom. The van der Waals surface area contributed by atoms with Crippen LogP contribution in [0.4, 0.5) is 4.39 Å². The van der Waals surface area contributed by atoms with E-state index >= 15 is 0 Å². The first-order valence-corrected chi connectivity index (χ1v) is 3.01. The highest BCUT2D eigenvalue weighted by atomic mass is 19.1. The molecular formula is C5H9FN4. The van der Waals surface area contributed by atoms with Crippen LogP contribution in [0.1, 0.15) is 0 Å². The Kier molecular flexibility index (Phi) is 2.33. The lowest BCUT2D eigenvalue weighted by Crippen LogP contribution is -2.21. The molecule has 0 radical (unpaired) electrons. The molecule has 0 spiro atoms. The summed E-state index contributed by atoms with van der Waals surface area (Å²) in [5.41, 5.74) is 5.05. The average molecular weight is 144 g/mol. The van der Waals surface area contributed by atoms with Crippen LogP contribution in [-0.2, 0) is 6.54 Å². The van der Waals surface area contributed by atoms with E-state index < -0.39 is 6.17 Å². The predicted molar refractivity (Wildman–Crippen MR) is 34.0 cm³/mol. The smallest absolute Gasteiger partial charge is 0.132 e. The number of alkyl halides is 1. The van der Waals surface area contributed by atoms with Crippen molar-refractivity contribution in [3.05, 3.63) is 12.4 Å². The number of halogens is 1. The second-order valence-corrected chi connectivity index (χ2v) is 1.96. The van der Waals surface area contributed by atoms with Gasteiger partial charge in [-0.25, -0.2) is 9.07 Å². The minimum absolute atomic E-state index is 0.0276. The average Bonchev–Trinajstić information content (AvgIpc) is 2.40. The summed E-state index contributed by atoms with van der Waals surface area (Å²) in [4.78, 5) is 0. The quantitative estimate of drug-likeness (QED) is 0.626. The minimum atomic E-state index is -1.03. The summed E-state index contributed by atoms with van der Waals surface area (Å²) >= 11 is 0. The van der Waals surface area contributed by atoms with Crippen LogP contribution in [0, 0.1) is 0 Å². The van der Waals surface area contributed by atoms with Gasteiger partial charge in [-0.2, -0.15) is 0 Å². The third-order valence-corrected chi connectivity index (χ3v) is 1.11. The molecule has 1 rings (SSSR count). The Balaban J connectivity index is 2.40. The van der Waals surface area contributed by atoms with E-state index in [2.05, 4.69) is 10.3 Å². The zero-order valence-corrected chi connectivity index (χ0v) is 5.44. The molecule has 1 aromatic heterocycles. The molecule has 1 unspecified atom stereocenters. The second kappa shape index (κ2) is 3.26. The number of aromatic nitrogens is 3. The Hall–Kier alpha value is -0.970. The lowest BCUT2D eigenvalue weighted by molar-refractivity contribution is 0.290. The van der Waals surface area contributed by atoms with Gasteiger partial charge in [0, 0.05) is 12.7 Å². The van der Waals surface area contributed by atoms with Crippen LogP contribution in [-0.4, -0.2) is 27.7 Å². The number of hydrogen-bond acceptors (Lipinski definition) is 3. The van der Waals surface area contributed by atoms with Crippen molar-refractivity contribution in [3.8, 4) is 0 Å². The van der Waals surface area contributed by atoms with Crippen molar-refractivity contribution in [2.75, 3.05) is 6.54 Å². The molecule has 0 bridgehead atoms. The SMILES string of the molecule is NCC(F)Cn1ccnn1. The van der Waals surface area contributed by atoms with Crippen LogP contribution in [0.15, 0.2) is 12.4 Å². The Morgan fingerprint density at radius 1 is 1.70 bits per heavy atom. The number of nitrogens with two attached hydrogens (primary N) is 1. The Morgan fingerprint density at radius 3 is 3.00 bits per heavy atom. The molecule has 0 saturated carbocycles. The third-order valence-electron chi connectivity index (χ3n) is 1.11. The van der Waals surface area contributed by atoms with E-state index in [9.17, 15) is 4.39 Å². The van der Waals surface area contributed by atoms with E-state index in [0.717, 1.165) is 0 Å². The van der Waals surface area contributed by atoms with Gasteiger partial charge in [-0.3, -0.25) is 0 Å². The molecule has 0 saturated heterocycles. The molecule has 0 amide bonds. The van der Waals surface area contributed by atoms with Crippen molar-refractivity contribution in [3.63, 3.8) is 0 Å². The molecule has 0 fully saturated rings. The molecular weight excluding hydrogens is 135 g/mol. The highest BCUT2D eigenvalue weighted by molar-refractivity contribution is 4.66. The normalized spacial score (nSPS) is 13.4. The molecule has 5 heteroatoms. The summed E-state index contributed by atoms with van der Waals surface area (Å²) in [6.45, 7) is 0.219. The van der Waals surface area contributed by atoms with Gasteiger partial charge < -0.3 is 5.73 Å². The highest BCUT2D eigenvalue weighted by Gasteiger charge is 2.03. The van der Waals surface area contributed by atoms with Gasteiger partial charge in [0.1, 0.15) is 6.17 Å². The first-order chi connectivity index (χ1) is 4.83. The van der Waals surface area contributed by atoms with Gasteiger partial charge in [0.05, 0.1) is 12.7 Å². The lowest BCUT2D eigenvalue weighted by Gasteiger charge is -2.02. The Labute approximate surface area is 57.8 Å². The van der Waals surface area contributed by atoms with E-state index in [1.54, 1.807) is 6.20 Å². The molecule has 0 aliphatic carbocycles. The molecule has 0 aliphatic heterocycles. The van der Waals surface area contributed by atoms with Crippen molar-refractivity contribution in [1.29, 1.82) is 0 Å². The van der Waals surface area contributed by atoms with Crippen LogP contribution in [0.25, 0.3) is 0 Å². The molecule has 0 aliphatic rings. The number of rotatable bonds is 3. The van der Waals surface area contributed by atoms with Crippen LogP contribution in [0.3, 0.4) is 0 Å². The van der Waals surface area contributed by atoms with Gasteiger partial charge in [0.2, 0.25) is 0 Å². The van der Waals surface area contributed by atoms with Crippen LogP contribution in [0.2, 0.25) is 0 Å². The van der Waals surface area contributed by atoms with E-state index in [4.69, 9.17) is 5.73 Å². The van der Waals surface area contributed by atoms with E-state index in [0.29, 0.717) is 0 Å². The fraction of sp³-hybridized carbons (Fsp3) is 0.600. The molecule has 56 valence electrons. The summed E-state index contributed by atoms with van der Waals surface area (Å²) < 4.78 is 13.9. The largest absolute Gasteiger partial charge is 0.328 e. The first kappa shape index (κ1) is 7.14. The molecule has 10 heavy (non-hydrogen) atoms. The van der Waals surface area contributed by atoms with Crippen LogP contribution in [0.5, 0.6) is 0 Å². The van der Waals surface area contributed by atoms with Gasteiger partial charge in [-0.05, 0) is 0 Å². The molecule has 2 N–H and O–H groups in total. The van der Waals surface area contributed by atoms with E-state index in [-0.39, 0.29) is 13.1 Å². The van der Waals surface area contributed by atoms with Gasteiger partial charge in [-0.1, -0.05) is 5.21 Å². The molecule has 0 aromatic carbocycles. The number of hydrogen-bond donors (Lipinski definition) is 1. The van der Waals surface area contributed by atoms with Crippen LogP contribution >= 0.6 is 0 Å². The zero-order chi connectivity index (χ0) is 7.40. The van der Waals surface area contributed by atoms with E-state index in [1.807, 2.05) is 0 Å². The fourth-order valence-electron chi connectivity index (χ4n) is 0.608. The maximum atomic E-state index is 12.5. The van der Waals surface area contributed by atoms with Crippen LogP contribution < -0.4 is 5.73 Å². The number of nitrogens with zero attached hydrogens (tertiary/aromatic N) is 3. The van der Waals surface area contributed by atoms with E-state index in [1.165, 1.54) is 10.9 Å². The summed E-state index contributed by atoms with van der Waals surface area (Å²) in [6, 6.07) is 0. The van der Waals surface area contributed by atoms with Crippen molar-refractivity contribution >= 4 is 0 Å². The maximum Gasteiger partial charge on any atom is 0.132 e. The maximum absolute atomic E-state index is 12.5. The predicted octanol–water partition coefficient (Wildman–Crippen LogP) is -0.425. The first-order valence-electron chi connectivity index (χ1n) is 3.01. The molecule has 1 atom stereocenters. The molecule has 1 heterocycles. The summed E-state index contributed by atoms with van der Waals surface area (Å²) in [7, 11) is 0. The van der Waals surface area contributed by atoms with Gasteiger partial charge in [-0.15, -0.1) is 5.10 Å². The Bertz CT molecular complexity index is 174. The van der Waals surface area contributed by atoms with Gasteiger partial charge in [0.25, 0.3) is 0 Å². The molecule has 4 nitrogen and oxygen atoms in total. The van der Waals surface area contributed by atoms with Gasteiger partial charge >= 0.3 is 0 Å².